The molecule has 4 aromatic rings. The molecule has 0 radical (unpaired) electrons. The minimum Gasteiger partial charge on any atom is -0.508 e. The number of benzene rings is 2. The maximum atomic E-state index is 13.1. The summed E-state index contributed by atoms with van der Waals surface area (Å²) in [6, 6.07) is 10.6. The average molecular weight is 378 g/mol. The Morgan fingerprint density at radius 1 is 1.18 bits per heavy atom. The third-order valence-electron chi connectivity index (χ3n) is 4.86. The van der Waals surface area contributed by atoms with Crippen LogP contribution in [0.2, 0.25) is 0 Å². The number of phenolic OH excluding ortho intramolecular Hbond substituents is 1. The number of nitrogens with one attached hydrogen (secondary N) is 1. The zero-order valence-electron chi connectivity index (χ0n) is 16.1. The Labute approximate surface area is 161 Å². The highest BCUT2D eigenvalue weighted by atomic mass is 16.5. The van der Waals surface area contributed by atoms with Crippen LogP contribution in [0.3, 0.4) is 0 Å². The first-order valence-electron chi connectivity index (χ1n) is 9.16. The predicted molar refractivity (Wildman–Crippen MR) is 111 cm³/mol. The number of aryl methyl sites for hydroxylation is 1. The summed E-state index contributed by atoms with van der Waals surface area (Å²) < 4.78 is 8.74. The van der Waals surface area contributed by atoms with Crippen molar-refractivity contribution in [3.63, 3.8) is 0 Å². The zero-order valence-corrected chi connectivity index (χ0v) is 16.1. The Balaban J connectivity index is 2.00. The summed E-state index contributed by atoms with van der Waals surface area (Å²) in [7, 11) is 3.34. The van der Waals surface area contributed by atoms with Gasteiger partial charge in [0.05, 0.1) is 23.7 Å². The van der Waals surface area contributed by atoms with E-state index in [1.807, 2.05) is 29.1 Å². The molecule has 4 rings (SSSR count). The topological polar surface area (TPSA) is 81.3 Å². The molecule has 0 aliphatic carbocycles. The maximum absolute atomic E-state index is 13.1. The first-order chi connectivity index (χ1) is 13.5. The van der Waals surface area contributed by atoms with E-state index in [0.29, 0.717) is 22.5 Å². The van der Waals surface area contributed by atoms with Gasteiger partial charge in [0.2, 0.25) is 0 Å². The number of fused-ring (bicyclic) bond motifs is 2. The van der Waals surface area contributed by atoms with Crippen LogP contribution in [0, 0.1) is 0 Å². The predicted octanol–water partition coefficient (Wildman–Crippen LogP) is 3.22. The molecule has 2 N–H and O–H groups in total. The van der Waals surface area contributed by atoms with Gasteiger partial charge in [0.1, 0.15) is 17.2 Å². The van der Waals surface area contributed by atoms with Gasteiger partial charge in [-0.15, -0.1) is 0 Å². The largest absolute Gasteiger partial charge is 0.508 e. The number of nitrogens with zero attached hydrogens (tertiary/aromatic N) is 3. The first-order valence-corrected chi connectivity index (χ1v) is 9.16. The molecule has 2 aromatic carbocycles. The fourth-order valence-corrected chi connectivity index (χ4v) is 3.38. The molecule has 7 heteroatoms. The zero-order chi connectivity index (χ0) is 19.8. The van der Waals surface area contributed by atoms with Crippen molar-refractivity contribution in [3.05, 3.63) is 52.9 Å². The number of methoxy groups -OCH3 is 1. The van der Waals surface area contributed by atoms with Gasteiger partial charge in [-0.3, -0.25) is 9.47 Å². The third kappa shape index (κ3) is 2.85. The van der Waals surface area contributed by atoms with Crippen LogP contribution in [0.1, 0.15) is 13.3 Å². The molecular formula is C21H22N4O3. The lowest BCUT2D eigenvalue weighted by molar-refractivity contribution is 0.415. The van der Waals surface area contributed by atoms with Crippen molar-refractivity contribution in [1.29, 1.82) is 0 Å². The monoisotopic (exact) mass is 378 g/mol. The van der Waals surface area contributed by atoms with Crippen LogP contribution in [0.5, 0.6) is 11.5 Å². The molecule has 0 aliphatic rings. The highest BCUT2D eigenvalue weighted by molar-refractivity contribution is 5.96. The molecule has 28 heavy (non-hydrogen) atoms. The van der Waals surface area contributed by atoms with Crippen molar-refractivity contribution in [2.24, 2.45) is 7.05 Å². The molecular weight excluding hydrogens is 356 g/mol. The second-order valence-electron chi connectivity index (χ2n) is 6.70. The maximum Gasteiger partial charge on any atom is 0.277 e. The molecule has 2 heterocycles. The number of ether oxygens (including phenoxy) is 1. The Morgan fingerprint density at radius 2 is 2.00 bits per heavy atom. The van der Waals surface area contributed by atoms with Gasteiger partial charge < -0.3 is 19.8 Å². The second kappa shape index (κ2) is 6.92. The number of hydrogen-bond acceptors (Lipinski definition) is 5. The van der Waals surface area contributed by atoms with Gasteiger partial charge in [-0.05, 0) is 30.7 Å². The number of hydrogen-bond donors (Lipinski definition) is 2. The summed E-state index contributed by atoms with van der Waals surface area (Å²) >= 11 is 0. The molecule has 2 aromatic heterocycles. The lowest BCUT2D eigenvalue weighted by Gasteiger charge is -2.09. The molecule has 0 amide bonds. The van der Waals surface area contributed by atoms with Crippen LogP contribution in [0.15, 0.2) is 47.4 Å². The van der Waals surface area contributed by atoms with Gasteiger partial charge in [0, 0.05) is 42.9 Å². The van der Waals surface area contributed by atoms with Crippen molar-refractivity contribution < 1.29 is 9.84 Å². The van der Waals surface area contributed by atoms with E-state index >= 15 is 0 Å². The summed E-state index contributed by atoms with van der Waals surface area (Å²) in [6.07, 6.45) is 2.80. The fourth-order valence-electron chi connectivity index (χ4n) is 3.38. The van der Waals surface area contributed by atoms with Crippen LogP contribution >= 0.6 is 0 Å². The SMILES string of the molecule is CCCNn1cc(-c2nc3cc(OC)ccc3n(C)c2=O)c2ccc(O)cc21. The molecule has 0 saturated heterocycles. The molecule has 0 atom stereocenters. The van der Waals surface area contributed by atoms with E-state index in [-0.39, 0.29) is 11.3 Å². The Bertz CT molecular complexity index is 1240. The standard InChI is InChI=1S/C21H22N4O3/c1-4-9-22-25-12-16(15-7-5-13(26)10-19(15)25)20-21(27)24(2)18-8-6-14(28-3)11-17(18)23-20/h5-8,10-12,22,26H,4,9H2,1-3H3. The Kier molecular flexibility index (Phi) is 4.43. The van der Waals surface area contributed by atoms with E-state index in [1.54, 1.807) is 36.9 Å². The van der Waals surface area contributed by atoms with Crippen molar-refractivity contribution in [1.82, 2.24) is 14.2 Å². The Hall–Kier alpha value is -3.48. The highest BCUT2D eigenvalue weighted by Crippen LogP contribution is 2.31. The van der Waals surface area contributed by atoms with Crippen LogP contribution in [0.25, 0.3) is 33.2 Å². The van der Waals surface area contributed by atoms with E-state index < -0.39 is 0 Å². The summed E-state index contributed by atoms with van der Waals surface area (Å²) in [6.45, 7) is 2.84. The number of phenols is 1. The van der Waals surface area contributed by atoms with Crippen LogP contribution < -0.4 is 15.7 Å². The Morgan fingerprint density at radius 3 is 2.75 bits per heavy atom. The normalized spacial score (nSPS) is 11.2. The van der Waals surface area contributed by atoms with Gasteiger partial charge in [-0.25, -0.2) is 4.98 Å². The lowest BCUT2D eigenvalue weighted by atomic mass is 10.1. The lowest BCUT2D eigenvalue weighted by Crippen LogP contribution is -2.20. The molecule has 144 valence electrons. The average Bonchev–Trinajstić information content (AvgIpc) is 3.06. The molecule has 0 unspecified atom stereocenters. The van der Waals surface area contributed by atoms with Crippen molar-refractivity contribution in [2.75, 3.05) is 19.1 Å². The number of rotatable bonds is 5. The molecule has 0 spiro atoms. The van der Waals surface area contributed by atoms with E-state index in [0.717, 1.165) is 29.4 Å². The second-order valence-corrected chi connectivity index (χ2v) is 6.70. The highest BCUT2D eigenvalue weighted by Gasteiger charge is 2.17. The molecule has 0 fully saturated rings. The fraction of sp³-hybridized carbons (Fsp3) is 0.238. The quantitative estimate of drug-likeness (QED) is 0.557. The van der Waals surface area contributed by atoms with Crippen LogP contribution in [0.4, 0.5) is 0 Å². The molecule has 0 aliphatic heterocycles. The first kappa shape index (κ1) is 17.9. The van der Waals surface area contributed by atoms with Crippen molar-refractivity contribution in [3.8, 4) is 22.8 Å². The summed E-state index contributed by atoms with van der Waals surface area (Å²) in [5.41, 5.74) is 6.39. The van der Waals surface area contributed by atoms with Gasteiger partial charge in [-0.1, -0.05) is 6.92 Å². The van der Waals surface area contributed by atoms with Gasteiger partial charge in [0.15, 0.2) is 0 Å². The summed E-state index contributed by atoms with van der Waals surface area (Å²) in [5, 5.41) is 10.8. The van der Waals surface area contributed by atoms with Gasteiger partial charge >= 0.3 is 0 Å². The van der Waals surface area contributed by atoms with E-state index in [9.17, 15) is 9.90 Å². The van der Waals surface area contributed by atoms with Gasteiger partial charge in [-0.2, -0.15) is 0 Å². The number of aromatic nitrogens is 3. The molecule has 0 bridgehead atoms. The summed E-state index contributed by atoms with van der Waals surface area (Å²) in [4.78, 5) is 17.7. The third-order valence-corrected chi connectivity index (χ3v) is 4.86. The smallest absolute Gasteiger partial charge is 0.277 e. The minimum atomic E-state index is -0.180. The summed E-state index contributed by atoms with van der Waals surface area (Å²) in [5.74, 6) is 0.849. The van der Waals surface area contributed by atoms with Crippen molar-refractivity contribution >= 4 is 21.9 Å². The van der Waals surface area contributed by atoms with E-state index in [2.05, 4.69) is 17.3 Å². The number of aromatic hydroxyl groups is 1. The van der Waals surface area contributed by atoms with Crippen molar-refractivity contribution in [2.45, 2.75) is 13.3 Å². The van der Waals surface area contributed by atoms with Gasteiger partial charge in [0.25, 0.3) is 5.56 Å². The molecule has 7 nitrogen and oxygen atoms in total. The van der Waals surface area contributed by atoms with Crippen LogP contribution in [-0.2, 0) is 7.05 Å². The molecule has 0 saturated carbocycles. The van der Waals surface area contributed by atoms with E-state index in [1.165, 1.54) is 0 Å². The van der Waals surface area contributed by atoms with E-state index in [4.69, 9.17) is 4.74 Å². The van der Waals surface area contributed by atoms with Crippen LogP contribution in [-0.4, -0.2) is 33.0 Å². The minimum absolute atomic E-state index is 0.167.